The highest BCUT2D eigenvalue weighted by atomic mass is 16.5. The normalized spacial score (nSPS) is 10.0. The molecular weight excluding hydrogens is 244 g/mol. The molecule has 0 saturated heterocycles. The van der Waals surface area contributed by atoms with Crippen LogP contribution >= 0.6 is 0 Å². The van der Waals surface area contributed by atoms with E-state index in [4.69, 9.17) is 9.47 Å². The third kappa shape index (κ3) is 6.67. The fourth-order valence-corrected chi connectivity index (χ4v) is 1.48. The molecule has 5 nitrogen and oxygen atoms in total. The summed E-state index contributed by atoms with van der Waals surface area (Å²) in [6, 6.07) is 7.18. The van der Waals surface area contributed by atoms with Crippen molar-refractivity contribution in [2.24, 2.45) is 0 Å². The molecule has 1 amide bonds. The number of carbonyl (C=O) groups is 1. The van der Waals surface area contributed by atoms with Crippen LogP contribution < -0.4 is 20.1 Å². The molecule has 1 rings (SSSR count). The third-order valence-electron chi connectivity index (χ3n) is 2.46. The molecule has 2 N–H and O–H groups in total. The molecule has 0 fully saturated rings. The summed E-state index contributed by atoms with van der Waals surface area (Å²) < 4.78 is 10.5. The van der Waals surface area contributed by atoms with Gasteiger partial charge in [-0.25, -0.2) is 0 Å². The molecule has 0 atom stereocenters. The maximum Gasteiger partial charge on any atom is 0.257 e. The number of nitrogens with one attached hydrogen (secondary N) is 2. The van der Waals surface area contributed by atoms with E-state index in [1.807, 2.05) is 12.1 Å². The van der Waals surface area contributed by atoms with Crippen LogP contribution in [0.15, 0.2) is 24.3 Å². The summed E-state index contributed by atoms with van der Waals surface area (Å²) in [7, 11) is 1.59. The molecule has 106 valence electrons. The average Bonchev–Trinajstić information content (AvgIpc) is 2.45. The number of methoxy groups -OCH3 is 1. The number of ether oxygens (including phenoxy) is 2. The third-order valence-corrected chi connectivity index (χ3v) is 2.46. The van der Waals surface area contributed by atoms with Crippen molar-refractivity contribution < 1.29 is 14.3 Å². The largest absolute Gasteiger partial charge is 0.497 e. The van der Waals surface area contributed by atoms with E-state index in [0.29, 0.717) is 18.0 Å². The lowest BCUT2D eigenvalue weighted by Gasteiger charge is -2.08. The van der Waals surface area contributed by atoms with E-state index in [0.717, 1.165) is 19.5 Å². The van der Waals surface area contributed by atoms with Crippen LogP contribution in [-0.2, 0) is 4.79 Å². The van der Waals surface area contributed by atoms with Gasteiger partial charge in [0, 0.05) is 19.2 Å². The topological polar surface area (TPSA) is 59.6 Å². The molecular formula is C14H22N2O3. The van der Waals surface area contributed by atoms with E-state index in [2.05, 4.69) is 17.6 Å². The van der Waals surface area contributed by atoms with Crippen molar-refractivity contribution in [2.75, 3.05) is 33.4 Å². The van der Waals surface area contributed by atoms with E-state index >= 15 is 0 Å². The highest BCUT2D eigenvalue weighted by Crippen LogP contribution is 2.18. The Bertz CT molecular complexity index is 383. The fourth-order valence-electron chi connectivity index (χ4n) is 1.48. The first-order valence-electron chi connectivity index (χ1n) is 6.50. The van der Waals surface area contributed by atoms with Gasteiger partial charge in [0.15, 0.2) is 6.61 Å². The van der Waals surface area contributed by atoms with Crippen LogP contribution in [0.3, 0.4) is 0 Å². The molecule has 0 heterocycles. The second kappa shape index (κ2) is 9.22. The van der Waals surface area contributed by atoms with Crippen LogP contribution in [0.4, 0.5) is 0 Å². The standard InChI is InChI=1S/C14H22N2O3/c1-3-7-15-8-9-16-14(17)11-19-13-6-4-5-12(10-13)18-2/h4-6,10,15H,3,7-9,11H2,1-2H3,(H,16,17). The summed E-state index contributed by atoms with van der Waals surface area (Å²) in [6.07, 6.45) is 1.09. The molecule has 0 spiro atoms. The number of carbonyl (C=O) groups excluding carboxylic acids is 1. The minimum Gasteiger partial charge on any atom is -0.497 e. The molecule has 0 bridgehead atoms. The first-order valence-corrected chi connectivity index (χ1v) is 6.50. The van der Waals surface area contributed by atoms with Gasteiger partial charge in [0.1, 0.15) is 11.5 Å². The maximum atomic E-state index is 11.5. The summed E-state index contributed by atoms with van der Waals surface area (Å²) in [4.78, 5) is 11.5. The zero-order chi connectivity index (χ0) is 13.9. The van der Waals surface area contributed by atoms with Crippen molar-refractivity contribution in [1.82, 2.24) is 10.6 Å². The molecule has 19 heavy (non-hydrogen) atoms. The van der Waals surface area contributed by atoms with Crippen molar-refractivity contribution in [1.29, 1.82) is 0 Å². The molecule has 0 radical (unpaired) electrons. The molecule has 0 aliphatic carbocycles. The Hall–Kier alpha value is -1.75. The zero-order valence-electron chi connectivity index (χ0n) is 11.6. The monoisotopic (exact) mass is 266 g/mol. The first-order chi connectivity index (χ1) is 9.26. The lowest BCUT2D eigenvalue weighted by molar-refractivity contribution is -0.123. The zero-order valence-corrected chi connectivity index (χ0v) is 11.6. The van der Waals surface area contributed by atoms with Crippen LogP contribution in [-0.4, -0.2) is 39.3 Å². The highest BCUT2D eigenvalue weighted by molar-refractivity contribution is 5.77. The first kappa shape index (κ1) is 15.3. The summed E-state index contributed by atoms with van der Waals surface area (Å²) in [5.74, 6) is 1.21. The van der Waals surface area contributed by atoms with Crippen LogP contribution in [0.2, 0.25) is 0 Å². The van der Waals surface area contributed by atoms with Gasteiger partial charge in [-0.2, -0.15) is 0 Å². The minimum atomic E-state index is -0.124. The Kier molecular flexibility index (Phi) is 7.43. The van der Waals surface area contributed by atoms with E-state index in [1.165, 1.54) is 0 Å². The Morgan fingerprint density at radius 3 is 2.74 bits per heavy atom. The van der Waals surface area contributed by atoms with Gasteiger partial charge in [-0.3, -0.25) is 4.79 Å². The van der Waals surface area contributed by atoms with Gasteiger partial charge in [0.2, 0.25) is 0 Å². The smallest absolute Gasteiger partial charge is 0.257 e. The Labute approximate surface area is 114 Å². The molecule has 1 aromatic carbocycles. The SMILES string of the molecule is CCCNCCNC(=O)COc1cccc(OC)c1. The molecule has 0 aliphatic heterocycles. The second-order valence-corrected chi connectivity index (χ2v) is 4.07. The van der Waals surface area contributed by atoms with Crippen LogP contribution in [0.5, 0.6) is 11.5 Å². The van der Waals surface area contributed by atoms with Gasteiger partial charge in [-0.15, -0.1) is 0 Å². The van der Waals surface area contributed by atoms with Gasteiger partial charge in [-0.05, 0) is 25.1 Å². The van der Waals surface area contributed by atoms with Gasteiger partial charge >= 0.3 is 0 Å². The number of rotatable bonds is 9. The number of benzene rings is 1. The maximum absolute atomic E-state index is 11.5. The fraction of sp³-hybridized carbons (Fsp3) is 0.500. The number of hydrogen-bond acceptors (Lipinski definition) is 4. The highest BCUT2D eigenvalue weighted by Gasteiger charge is 2.02. The Morgan fingerprint density at radius 1 is 1.21 bits per heavy atom. The Morgan fingerprint density at radius 2 is 2.00 bits per heavy atom. The van der Waals surface area contributed by atoms with Crippen molar-refractivity contribution in [3.05, 3.63) is 24.3 Å². The number of amides is 1. The predicted molar refractivity (Wildman–Crippen MR) is 74.7 cm³/mol. The summed E-state index contributed by atoms with van der Waals surface area (Å²) in [5.41, 5.74) is 0. The molecule has 0 aromatic heterocycles. The predicted octanol–water partition coefficient (Wildman–Crippen LogP) is 1.19. The summed E-state index contributed by atoms with van der Waals surface area (Å²) in [5, 5.41) is 5.99. The van der Waals surface area contributed by atoms with Crippen molar-refractivity contribution in [3.8, 4) is 11.5 Å². The second-order valence-electron chi connectivity index (χ2n) is 4.07. The lowest BCUT2D eigenvalue weighted by Crippen LogP contribution is -2.34. The van der Waals surface area contributed by atoms with Crippen LogP contribution in [0.1, 0.15) is 13.3 Å². The van der Waals surface area contributed by atoms with Crippen LogP contribution in [0.25, 0.3) is 0 Å². The summed E-state index contributed by atoms with van der Waals surface area (Å²) >= 11 is 0. The van der Waals surface area contributed by atoms with E-state index in [-0.39, 0.29) is 12.5 Å². The Balaban J connectivity index is 2.18. The number of hydrogen-bond donors (Lipinski definition) is 2. The van der Waals surface area contributed by atoms with Gasteiger partial charge in [-0.1, -0.05) is 13.0 Å². The summed E-state index contributed by atoms with van der Waals surface area (Å²) in [6.45, 7) is 4.48. The van der Waals surface area contributed by atoms with Gasteiger partial charge < -0.3 is 20.1 Å². The minimum absolute atomic E-state index is 0.0148. The quantitative estimate of drug-likeness (QED) is 0.659. The van der Waals surface area contributed by atoms with Crippen molar-refractivity contribution >= 4 is 5.91 Å². The molecule has 5 heteroatoms. The lowest BCUT2D eigenvalue weighted by atomic mass is 10.3. The van der Waals surface area contributed by atoms with E-state index in [9.17, 15) is 4.79 Å². The van der Waals surface area contributed by atoms with Crippen molar-refractivity contribution in [2.45, 2.75) is 13.3 Å². The molecule has 1 aromatic rings. The molecule has 0 unspecified atom stereocenters. The van der Waals surface area contributed by atoms with Crippen LogP contribution in [0, 0.1) is 0 Å². The molecule has 0 aliphatic rings. The van der Waals surface area contributed by atoms with E-state index < -0.39 is 0 Å². The van der Waals surface area contributed by atoms with Gasteiger partial charge in [0.25, 0.3) is 5.91 Å². The average molecular weight is 266 g/mol. The van der Waals surface area contributed by atoms with E-state index in [1.54, 1.807) is 19.2 Å². The van der Waals surface area contributed by atoms with Gasteiger partial charge in [0.05, 0.1) is 7.11 Å². The molecule has 0 saturated carbocycles. The van der Waals surface area contributed by atoms with Crippen molar-refractivity contribution in [3.63, 3.8) is 0 Å².